The van der Waals surface area contributed by atoms with Gasteiger partial charge in [0, 0.05) is 24.8 Å². The fourth-order valence-electron chi connectivity index (χ4n) is 2.45. The molecule has 2 heterocycles. The molecule has 1 aliphatic heterocycles. The van der Waals surface area contributed by atoms with Gasteiger partial charge in [0.25, 0.3) is 0 Å². The highest BCUT2D eigenvalue weighted by molar-refractivity contribution is 5.29. The van der Waals surface area contributed by atoms with Crippen molar-refractivity contribution in [2.45, 2.75) is 46.2 Å². The monoisotopic (exact) mass is 277 g/mol. The van der Waals surface area contributed by atoms with Crippen molar-refractivity contribution in [2.75, 3.05) is 26.2 Å². The normalized spacial score (nSPS) is 16.0. The van der Waals surface area contributed by atoms with Crippen LogP contribution in [0.4, 0.5) is 0 Å². The first-order valence-electron chi connectivity index (χ1n) is 7.70. The standard InChI is InChI=1S/C16H27N3O/c1-13(2)17-12-15-16(7-6-14(3)18-15)20-11-10-19-8-4-5-9-19/h6-7,13,17H,4-5,8-12H2,1-3H3. The number of likely N-dealkylation sites (tertiary alicyclic amines) is 1. The summed E-state index contributed by atoms with van der Waals surface area (Å²) >= 11 is 0. The van der Waals surface area contributed by atoms with Crippen LogP contribution in [0.15, 0.2) is 12.1 Å². The Bertz CT molecular complexity index is 414. The van der Waals surface area contributed by atoms with Crippen molar-refractivity contribution in [3.63, 3.8) is 0 Å². The van der Waals surface area contributed by atoms with Crippen LogP contribution in [0.1, 0.15) is 38.1 Å². The van der Waals surface area contributed by atoms with Gasteiger partial charge in [-0.2, -0.15) is 0 Å². The fourth-order valence-corrected chi connectivity index (χ4v) is 2.45. The second-order valence-electron chi connectivity index (χ2n) is 5.83. The van der Waals surface area contributed by atoms with Crippen LogP contribution in [0.5, 0.6) is 5.75 Å². The van der Waals surface area contributed by atoms with Crippen molar-refractivity contribution >= 4 is 0 Å². The molecule has 4 heteroatoms. The van der Waals surface area contributed by atoms with Gasteiger partial charge in [-0.25, -0.2) is 0 Å². The van der Waals surface area contributed by atoms with Crippen LogP contribution in [0.3, 0.4) is 0 Å². The highest BCUT2D eigenvalue weighted by Gasteiger charge is 2.12. The van der Waals surface area contributed by atoms with Crippen LogP contribution in [-0.2, 0) is 6.54 Å². The summed E-state index contributed by atoms with van der Waals surface area (Å²) in [5.74, 6) is 0.919. The molecule has 0 aromatic carbocycles. The Labute approximate surface area is 122 Å². The first-order valence-corrected chi connectivity index (χ1v) is 7.70. The van der Waals surface area contributed by atoms with E-state index >= 15 is 0 Å². The number of hydrogen-bond donors (Lipinski definition) is 1. The van der Waals surface area contributed by atoms with E-state index in [1.165, 1.54) is 25.9 Å². The third kappa shape index (κ3) is 4.76. The lowest BCUT2D eigenvalue weighted by molar-refractivity contribution is 0.235. The van der Waals surface area contributed by atoms with Crippen molar-refractivity contribution in [2.24, 2.45) is 0 Å². The summed E-state index contributed by atoms with van der Waals surface area (Å²) in [4.78, 5) is 7.06. The SMILES string of the molecule is Cc1ccc(OCCN2CCCC2)c(CNC(C)C)n1. The van der Waals surface area contributed by atoms with Crippen LogP contribution in [0.2, 0.25) is 0 Å². The minimum Gasteiger partial charge on any atom is -0.490 e. The molecule has 0 spiro atoms. The van der Waals surface area contributed by atoms with Gasteiger partial charge in [0.1, 0.15) is 12.4 Å². The zero-order valence-corrected chi connectivity index (χ0v) is 13.0. The molecule has 0 saturated carbocycles. The molecule has 2 rings (SSSR count). The lowest BCUT2D eigenvalue weighted by Crippen LogP contribution is -2.26. The van der Waals surface area contributed by atoms with Crippen LogP contribution >= 0.6 is 0 Å². The van der Waals surface area contributed by atoms with Crippen LogP contribution in [0, 0.1) is 6.92 Å². The Morgan fingerprint density at radius 3 is 2.75 bits per heavy atom. The second kappa shape index (κ2) is 7.60. The quantitative estimate of drug-likeness (QED) is 0.830. The molecule has 0 atom stereocenters. The molecule has 1 aromatic rings. The molecule has 112 valence electrons. The number of ether oxygens (including phenoxy) is 1. The molecule has 0 radical (unpaired) electrons. The van der Waals surface area contributed by atoms with E-state index in [9.17, 15) is 0 Å². The predicted octanol–water partition coefficient (Wildman–Crippen LogP) is 2.36. The topological polar surface area (TPSA) is 37.4 Å². The summed E-state index contributed by atoms with van der Waals surface area (Å²) in [7, 11) is 0. The Balaban J connectivity index is 1.88. The average Bonchev–Trinajstić information content (AvgIpc) is 2.91. The number of hydrogen-bond acceptors (Lipinski definition) is 4. The molecular weight excluding hydrogens is 250 g/mol. The van der Waals surface area contributed by atoms with E-state index in [0.29, 0.717) is 6.04 Å². The molecule has 0 unspecified atom stereocenters. The van der Waals surface area contributed by atoms with Gasteiger partial charge in [-0.1, -0.05) is 13.8 Å². The number of rotatable bonds is 7. The first kappa shape index (κ1) is 15.3. The molecule has 0 bridgehead atoms. The molecule has 1 aliphatic rings. The summed E-state index contributed by atoms with van der Waals surface area (Å²) in [6.07, 6.45) is 2.66. The maximum atomic E-state index is 5.94. The van der Waals surface area contributed by atoms with Crippen molar-refractivity contribution in [1.29, 1.82) is 0 Å². The molecule has 1 aromatic heterocycles. The van der Waals surface area contributed by atoms with Gasteiger partial charge in [0.2, 0.25) is 0 Å². The van der Waals surface area contributed by atoms with Gasteiger partial charge in [0.05, 0.1) is 5.69 Å². The van der Waals surface area contributed by atoms with Gasteiger partial charge in [-0.3, -0.25) is 9.88 Å². The second-order valence-corrected chi connectivity index (χ2v) is 5.83. The van der Waals surface area contributed by atoms with E-state index in [4.69, 9.17) is 4.74 Å². The molecule has 4 nitrogen and oxygen atoms in total. The van der Waals surface area contributed by atoms with Crippen LogP contribution in [-0.4, -0.2) is 42.2 Å². The Kier molecular flexibility index (Phi) is 5.80. The lowest BCUT2D eigenvalue weighted by Gasteiger charge is -2.17. The van der Waals surface area contributed by atoms with E-state index in [1.54, 1.807) is 0 Å². The van der Waals surface area contributed by atoms with Crippen molar-refractivity contribution in [1.82, 2.24) is 15.2 Å². The summed E-state index contributed by atoms with van der Waals surface area (Å²) in [6, 6.07) is 4.52. The minimum absolute atomic E-state index is 0.453. The summed E-state index contributed by atoms with van der Waals surface area (Å²) < 4.78 is 5.94. The molecule has 20 heavy (non-hydrogen) atoms. The van der Waals surface area contributed by atoms with Gasteiger partial charge in [-0.15, -0.1) is 0 Å². The molecule has 1 saturated heterocycles. The van der Waals surface area contributed by atoms with E-state index < -0.39 is 0 Å². The number of aryl methyl sites for hydroxylation is 1. The van der Waals surface area contributed by atoms with E-state index in [0.717, 1.165) is 36.8 Å². The van der Waals surface area contributed by atoms with Crippen molar-refractivity contribution in [3.05, 3.63) is 23.5 Å². The summed E-state index contributed by atoms with van der Waals surface area (Å²) in [5.41, 5.74) is 2.05. The van der Waals surface area contributed by atoms with E-state index in [1.807, 2.05) is 19.1 Å². The van der Waals surface area contributed by atoms with Gasteiger partial charge in [0.15, 0.2) is 0 Å². The van der Waals surface area contributed by atoms with Gasteiger partial charge >= 0.3 is 0 Å². The Morgan fingerprint density at radius 2 is 2.05 bits per heavy atom. The van der Waals surface area contributed by atoms with Crippen LogP contribution < -0.4 is 10.1 Å². The molecule has 0 amide bonds. The molecule has 0 aliphatic carbocycles. The average molecular weight is 277 g/mol. The molecule has 1 fully saturated rings. The van der Waals surface area contributed by atoms with Gasteiger partial charge in [-0.05, 0) is 45.0 Å². The highest BCUT2D eigenvalue weighted by atomic mass is 16.5. The minimum atomic E-state index is 0.453. The number of nitrogens with zero attached hydrogens (tertiary/aromatic N) is 2. The van der Waals surface area contributed by atoms with E-state index in [2.05, 4.69) is 29.0 Å². The molecular formula is C16H27N3O. The van der Waals surface area contributed by atoms with Crippen LogP contribution in [0.25, 0.3) is 0 Å². The maximum absolute atomic E-state index is 5.94. The lowest BCUT2D eigenvalue weighted by atomic mass is 10.2. The first-order chi connectivity index (χ1) is 9.65. The van der Waals surface area contributed by atoms with Crippen molar-refractivity contribution < 1.29 is 4.74 Å². The number of aromatic nitrogens is 1. The largest absolute Gasteiger partial charge is 0.490 e. The number of nitrogens with one attached hydrogen (secondary N) is 1. The smallest absolute Gasteiger partial charge is 0.142 e. The van der Waals surface area contributed by atoms with Crippen molar-refractivity contribution in [3.8, 4) is 5.75 Å². The third-order valence-corrected chi connectivity index (χ3v) is 3.61. The maximum Gasteiger partial charge on any atom is 0.142 e. The summed E-state index contributed by atoms with van der Waals surface area (Å²) in [6.45, 7) is 11.3. The van der Waals surface area contributed by atoms with E-state index in [-0.39, 0.29) is 0 Å². The molecule has 1 N–H and O–H groups in total. The Morgan fingerprint density at radius 1 is 1.30 bits per heavy atom. The zero-order chi connectivity index (χ0) is 14.4. The summed E-state index contributed by atoms with van der Waals surface area (Å²) in [5, 5.41) is 3.41. The Hall–Kier alpha value is -1.13. The highest BCUT2D eigenvalue weighted by Crippen LogP contribution is 2.17. The predicted molar refractivity (Wildman–Crippen MR) is 82.1 cm³/mol. The van der Waals surface area contributed by atoms with Gasteiger partial charge < -0.3 is 10.1 Å². The third-order valence-electron chi connectivity index (χ3n) is 3.61. The fraction of sp³-hybridized carbons (Fsp3) is 0.688. The number of pyridine rings is 1. The zero-order valence-electron chi connectivity index (χ0n) is 13.0.